The fraction of sp³-hybridized carbons (Fsp3) is 0.385. The molecule has 14 heteroatoms. The highest BCUT2D eigenvalue weighted by Gasteiger charge is 2.32. The number of aromatic amines is 1. The number of hydrogen-bond acceptors (Lipinski definition) is 11. The number of aromatic nitrogens is 3. The largest absolute Gasteiger partial charge is 0.495 e. The molecular formula is C26H30N6O7S. The van der Waals surface area contributed by atoms with E-state index in [1.54, 1.807) is 31.4 Å². The van der Waals surface area contributed by atoms with Crippen LogP contribution < -0.4 is 29.1 Å². The highest BCUT2D eigenvalue weighted by atomic mass is 32.2. The number of hydrogen-bond donors (Lipinski definition) is 3. The van der Waals surface area contributed by atoms with Crippen LogP contribution in [0.2, 0.25) is 0 Å². The van der Waals surface area contributed by atoms with Gasteiger partial charge in [-0.2, -0.15) is 5.10 Å². The van der Waals surface area contributed by atoms with Crippen molar-refractivity contribution in [2.75, 3.05) is 56.5 Å². The Morgan fingerprint density at radius 1 is 0.975 bits per heavy atom. The summed E-state index contributed by atoms with van der Waals surface area (Å²) in [6.45, 7) is 1.36. The third kappa shape index (κ3) is 4.73. The fourth-order valence-corrected chi connectivity index (χ4v) is 6.05. The smallest absolute Gasteiger partial charge is 0.270 e. The van der Waals surface area contributed by atoms with E-state index in [2.05, 4.69) is 25.4 Å². The zero-order valence-electron chi connectivity index (χ0n) is 22.5. The standard InChI is InChI=1S/C26H30N6O7S/c1-35-16-12-32(13-16)15-7-22(37-3)25(23(8-15)38-4)40(33,34)31-26-17-9-21(36-2)19(10-20(17)39-30-26)27-24-11-18(28-29-24)14-5-6-14/h7-11,14,16H,5-6,12-13H2,1-4H3,(H,30,31)(H2,27,28,29). The second-order valence-corrected chi connectivity index (χ2v) is 11.4. The summed E-state index contributed by atoms with van der Waals surface area (Å²) in [6.07, 6.45) is 2.43. The van der Waals surface area contributed by atoms with Gasteiger partial charge in [0.15, 0.2) is 22.1 Å². The summed E-state index contributed by atoms with van der Waals surface area (Å²) in [4.78, 5) is 1.89. The van der Waals surface area contributed by atoms with Crippen LogP contribution in [-0.4, -0.2) is 71.4 Å². The van der Waals surface area contributed by atoms with E-state index in [4.69, 9.17) is 23.5 Å². The molecule has 0 spiro atoms. The first-order valence-electron chi connectivity index (χ1n) is 12.7. The van der Waals surface area contributed by atoms with Crippen molar-refractivity contribution >= 4 is 44.0 Å². The predicted octanol–water partition coefficient (Wildman–Crippen LogP) is 3.83. The van der Waals surface area contributed by atoms with Gasteiger partial charge in [-0.15, -0.1) is 0 Å². The molecular weight excluding hydrogens is 540 g/mol. The van der Waals surface area contributed by atoms with E-state index in [0.717, 1.165) is 24.2 Å². The maximum Gasteiger partial charge on any atom is 0.270 e. The number of sulfonamides is 1. The highest BCUT2D eigenvalue weighted by molar-refractivity contribution is 7.93. The van der Waals surface area contributed by atoms with Crippen molar-refractivity contribution in [3.8, 4) is 17.2 Å². The Balaban J connectivity index is 1.30. The van der Waals surface area contributed by atoms with E-state index >= 15 is 0 Å². The first-order chi connectivity index (χ1) is 19.3. The lowest BCUT2D eigenvalue weighted by atomic mass is 10.1. The molecule has 2 fully saturated rings. The van der Waals surface area contributed by atoms with Crippen LogP contribution in [0.4, 0.5) is 23.0 Å². The number of rotatable bonds is 11. The molecule has 3 heterocycles. The molecule has 1 aliphatic carbocycles. The molecule has 4 aromatic rings. The lowest BCUT2D eigenvalue weighted by Crippen LogP contribution is -2.51. The van der Waals surface area contributed by atoms with Gasteiger partial charge in [0.25, 0.3) is 10.0 Å². The quantitative estimate of drug-likeness (QED) is 0.241. The molecule has 3 N–H and O–H groups in total. The number of H-pyrrole nitrogens is 1. The Morgan fingerprint density at radius 2 is 1.68 bits per heavy atom. The number of anilines is 4. The molecule has 2 aromatic carbocycles. The average Bonchev–Trinajstić information content (AvgIpc) is 3.56. The van der Waals surface area contributed by atoms with E-state index in [1.165, 1.54) is 21.3 Å². The minimum absolute atomic E-state index is 0.00509. The van der Waals surface area contributed by atoms with Crippen LogP contribution in [-0.2, 0) is 14.8 Å². The van der Waals surface area contributed by atoms with Gasteiger partial charge in [-0.25, -0.2) is 8.42 Å². The summed E-state index contributed by atoms with van der Waals surface area (Å²) in [5, 5.41) is 15.0. The van der Waals surface area contributed by atoms with Crippen LogP contribution >= 0.6 is 0 Å². The van der Waals surface area contributed by atoms with Gasteiger partial charge in [-0.3, -0.25) is 9.82 Å². The number of nitrogens with zero attached hydrogens (tertiary/aromatic N) is 3. The Labute approximate surface area is 230 Å². The van der Waals surface area contributed by atoms with Gasteiger partial charge < -0.3 is 33.7 Å². The van der Waals surface area contributed by atoms with Crippen molar-refractivity contribution in [1.82, 2.24) is 15.4 Å². The second kappa shape index (κ2) is 10.1. The molecule has 2 aromatic heterocycles. The van der Waals surface area contributed by atoms with Crippen LogP contribution in [0.3, 0.4) is 0 Å². The molecule has 1 saturated heterocycles. The number of nitrogens with one attached hydrogen (secondary N) is 3. The molecule has 0 radical (unpaired) electrons. The molecule has 0 bridgehead atoms. The van der Waals surface area contributed by atoms with Crippen LogP contribution in [0.15, 0.2) is 39.8 Å². The first kappa shape index (κ1) is 26.1. The van der Waals surface area contributed by atoms with Gasteiger partial charge >= 0.3 is 0 Å². The summed E-state index contributed by atoms with van der Waals surface area (Å²) in [5.74, 6) is 1.88. The minimum Gasteiger partial charge on any atom is -0.495 e. The molecule has 13 nitrogen and oxygen atoms in total. The van der Waals surface area contributed by atoms with Crippen LogP contribution in [0.25, 0.3) is 11.0 Å². The SMILES string of the molecule is COc1cc2c(NS(=O)(=O)c3c(OC)cc(N4CC(OC)C4)cc3OC)noc2cc1Nc1cc(C2CC2)[nH]n1. The van der Waals surface area contributed by atoms with Crippen molar-refractivity contribution in [3.05, 3.63) is 36.0 Å². The molecule has 2 aliphatic rings. The monoisotopic (exact) mass is 570 g/mol. The van der Waals surface area contributed by atoms with Gasteiger partial charge in [0, 0.05) is 61.8 Å². The molecule has 0 amide bonds. The Hall–Kier alpha value is -4.17. The second-order valence-electron chi connectivity index (χ2n) is 9.74. The van der Waals surface area contributed by atoms with E-state index in [0.29, 0.717) is 47.2 Å². The Kier molecular flexibility index (Phi) is 6.58. The van der Waals surface area contributed by atoms with Crippen LogP contribution in [0.5, 0.6) is 17.2 Å². The zero-order valence-corrected chi connectivity index (χ0v) is 23.3. The number of methoxy groups -OCH3 is 4. The third-order valence-corrected chi connectivity index (χ3v) is 8.56. The average molecular weight is 571 g/mol. The van der Waals surface area contributed by atoms with Crippen molar-refractivity contribution in [2.45, 2.75) is 29.8 Å². The van der Waals surface area contributed by atoms with Gasteiger partial charge in [0.2, 0.25) is 0 Å². The summed E-state index contributed by atoms with van der Waals surface area (Å²) in [5.41, 5.74) is 2.79. The van der Waals surface area contributed by atoms with E-state index in [1.807, 2.05) is 11.0 Å². The summed E-state index contributed by atoms with van der Waals surface area (Å²) < 4.78 is 57.2. The lowest BCUT2D eigenvalue weighted by molar-refractivity contribution is 0.0787. The van der Waals surface area contributed by atoms with Gasteiger partial charge in [-0.05, 0) is 18.9 Å². The number of benzene rings is 2. The maximum atomic E-state index is 13.6. The van der Waals surface area contributed by atoms with Crippen molar-refractivity contribution < 1.29 is 31.9 Å². The zero-order chi connectivity index (χ0) is 28.0. The topological polar surface area (TPSA) is 153 Å². The van der Waals surface area contributed by atoms with Crippen LogP contribution in [0.1, 0.15) is 24.5 Å². The van der Waals surface area contributed by atoms with Crippen LogP contribution in [0, 0.1) is 0 Å². The molecule has 1 saturated carbocycles. The van der Waals surface area contributed by atoms with Gasteiger partial charge in [0.05, 0.1) is 38.5 Å². The first-order valence-corrected chi connectivity index (χ1v) is 14.2. The number of ether oxygens (including phenoxy) is 4. The van der Waals surface area contributed by atoms with Gasteiger partial charge in [0.1, 0.15) is 17.2 Å². The summed E-state index contributed by atoms with van der Waals surface area (Å²) in [6, 6.07) is 8.61. The predicted molar refractivity (Wildman–Crippen MR) is 148 cm³/mol. The van der Waals surface area contributed by atoms with E-state index < -0.39 is 10.0 Å². The summed E-state index contributed by atoms with van der Waals surface area (Å²) >= 11 is 0. The minimum atomic E-state index is -4.22. The Morgan fingerprint density at radius 3 is 2.30 bits per heavy atom. The molecule has 0 atom stereocenters. The molecule has 6 rings (SSSR count). The third-order valence-electron chi connectivity index (χ3n) is 7.16. The molecule has 1 aliphatic heterocycles. The van der Waals surface area contributed by atoms with Gasteiger partial charge in [-0.1, -0.05) is 5.16 Å². The molecule has 212 valence electrons. The maximum absolute atomic E-state index is 13.6. The van der Waals surface area contributed by atoms with E-state index in [-0.39, 0.29) is 28.3 Å². The van der Waals surface area contributed by atoms with Crippen molar-refractivity contribution in [2.24, 2.45) is 0 Å². The number of fused-ring (bicyclic) bond motifs is 1. The molecule has 40 heavy (non-hydrogen) atoms. The summed E-state index contributed by atoms with van der Waals surface area (Å²) in [7, 11) is 1.78. The fourth-order valence-electron chi connectivity index (χ4n) is 4.74. The highest BCUT2D eigenvalue weighted by Crippen LogP contribution is 2.42. The van der Waals surface area contributed by atoms with Crippen molar-refractivity contribution in [3.63, 3.8) is 0 Å². The normalized spacial score (nSPS) is 15.7. The molecule has 0 unspecified atom stereocenters. The lowest BCUT2D eigenvalue weighted by Gasteiger charge is -2.40. The van der Waals surface area contributed by atoms with Crippen molar-refractivity contribution in [1.29, 1.82) is 0 Å². The Bertz CT molecular complexity index is 1630. The van der Waals surface area contributed by atoms with E-state index in [9.17, 15) is 8.42 Å².